The first-order valence-electron chi connectivity index (χ1n) is 24.7. The van der Waals surface area contributed by atoms with Crippen LogP contribution in [0.2, 0.25) is 0 Å². The van der Waals surface area contributed by atoms with E-state index in [4.69, 9.17) is 14.2 Å². The van der Waals surface area contributed by atoms with Crippen LogP contribution in [0.4, 0.5) is 0 Å². The third-order valence-electron chi connectivity index (χ3n) is 10.1. The molecule has 0 fully saturated rings. The summed E-state index contributed by atoms with van der Waals surface area (Å²) in [5.41, 5.74) is 0. The van der Waals surface area contributed by atoms with E-state index >= 15 is 0 Å². The number of hydrogen-bond donors (Lipinski definition) is 0. The topological polar surface area (TPSA) is 78.9 Å². The molecule has 0 heterocycles. The molecule has 0 rings (SSSR count). The Balaban J connectivity index is 4.43. The molecule has 6 heteroatoms. The predicted molar refractivity (Wildman–Crippen MR) is 260 cm³/mol. The van der Waals surface area contributed by atoms with Gasteiger partial charge in [0.05, 0.1) is 0 Å². The molecule has 0 saturated carbocycles. The van der Waals surface area contributed by atoms with Gasteiger partial charge in [-0.1, -0.05) is 182 Å². The van der Waals surface area contributed by atoms with Crippen LogP contribution in [0.3, 0.4) is 0 Å². The van der Waals surface area contributed by atoms with E-state index in [2.05, 4.69) is 118 Å². The highest BCUT2D eigenvalue weighted by molar-refractivity contribution is 5.71. The van der Waals surface area contributed by atoms with E-state index in [1.54, 1.807) is 0 Å². The second-order valence-corrected chi connectivity index (χ2v) is 16.0. The molecule has 0 aromatic heterocycles. The van der Waals surface area contributed by atoms with Crippen LogP contribution in [0, 0.1) is 0 Å². The summed E-state index contributed by atoms with van der Waals surface area (Å²) in [5, 5.41) is 0. The molecule has 0 N–H and O–H groups in total. The monoisotopic (exact) mass is 847 g/mol. The summed E-state index contributed by atoms with van der Waals surface area (Å²) in [4.78, 5) is 37.9. The van der Waals surface area contributed by atoms with Gasteiger partial charge in [0.2, 0.25) is 0 Å². The standard InChI is InChI=1S/C55H90O6/c1-4-7-10-13-16-19-22-24-25-26-27-28-29-31-33-36-39-42-45-48-54(57)60-51-52(50-59-53(56)47-44-41-38-35-32-21-18-15-12-9-6-3)61-55(58)49-46-43-40-37-34-30-23-20-17-14-11-8-5-2/h7-8,10-11,15-20,24-25,27-28,30,34,52H,4-6,9,12-14,21-23,26,29,31-33,35-51H2,1-3H3/b10-7-,11-8-,18-15-,19-16-,20-17-,25-24-,28-27-,34-30-. The molecule has 61 heavy (non-hydrogen) atoms. The molecular formula is C55H90O6. The zero-order valence-electron chi connectivity index (χ0n) is 39.4. The number of ether oxygens (including phenoxy) is 3. The van der Waals surface area contributed by atoms with Gasteiger partial charge in [-0.05, 0) is 109 Å². The summed E-state index contributed by atoms with van der Waals surface area (Å²) >= 11 is 0. The van der Waals surface area contributed by atoms with Gasteiger partial charge in [-0.25, -0.2) is 0 Å². The molecule has 1 atom stereocenters. The molecule has 0 bridgehead atoms. The van der Waals surface area contributed by atoms with Crippen molar-refractivity contribution < 1.29 is 28.6 Å². The highest BCUT2D eigenvalue weighted by atomic mass is 16.6. The number of allylic oxidation sites excluding steroid dienone is 16. The Hall–Kier alpha value is -3.67. The Morgan fingerprint density at radius 3 is 1.03 bits per heavy atom. The van der Waals surface area contributed by atoms with E-state index in [9.17, 15) is 14.4 Å². The normalized spacial score (nSPS) is 12.9. The first kappa shape index (κ1) is 57.3. The van der Waals surface area contributed by atoms with Crippen LogP contribution in [0.1, 0.15) is 213 Å². The van der Waals surface area contributed by atoms with Gasteiger partial charge < -0.3 is 14.2 Å². The average molecular weight is 847 g/mol. The van der Waals surface area contributed by atoms with Crippen molar-refractivity contribution >= 4 is 17.9 Å². The third kappa shape index (κ3) is 47.2. The van der Waals surface area contributed by atoms with Gasteiger partial charge in [-0.15, -0.1) is 0 Å². The number of carbonyl (C=O) groups excluding carboxylic acids is 3. The Morgan fingerprint density at radius 2 is 0.639 bits per heavy atom. The Bertz CT molecular complexity index is 1250. The van der Waals surface area contributed by atoms with Gasteiger partial charge in [0.25, 0.3) is 0 Å². The van der Waals surface area contributed by atoms with Crippen LogP contribution >= 0.6 is 0 Å². The van der Waals surface area contributed by atoms with Crippen molar-refractivity contribution in [2.45, 2.75) is 219 Å². The van der Waals surface area contributed by atoms with Crippen LogP contribution < -0.4 is 0 Å². The van der Waals surface area contributed by atoms with Gasteiger partial charge in [0, 0.05) is 19.3 Å². The molecule has 0 radical (unpaired) electrons. The molecule has 0 aliphatic rings. The van der Waals surface area contributed by atoms with E-state index in [0.717, 1.165) is 135 Å². The van der Waals surface area contributed by atoms with Crippen LogP contribution in [0.15, 0.2) is 97.2 Å². The Kier molecular flexibility index (Phi) is 46.0. The second-order valence-electron chi connectivity index (χ2n) is 16.0. The number of unbranched alkanes of at least 4 members (excludes halogenated alkanes) is 16. The summed E-state index contributed by atoms with van der Waals surface area (Å²) in [6, 6.07) is 0. The minimum Gasteiger partial charge on any atom is -0.462 e. The molecule has 0 amide bonds. The second kappa shape index (κ2) is 49.0. The minimum absolute atomic E-state index is 0.0999. The van der Waals surface area contributed by atoms with E-state index in [1.807, 2.05) is 0 Å². The van der Waals surface area contributed by atoms with Gasteiger partial charge in [0.15, 0.2) is 6.10 Å². The first-order chi connectivity index (χ1) is 30.0. The molecule has 1 unspecified atom stereocenters. The maximum absolute atomic E-state index is 12.7. The molecule has 0 aromatic carbocycles. The molecule has 346 valence electrons. The highest BCUT2D eigenvalue weighted by Gasteiger charge is 2.19. The lowest BCUT2D eigenvalue weighted by atomic mass is 10.1. The van der Waals surface area contributed by atoms with Crippen LogP contribution in [-0.4, -0.2) is 37.2 Å². The largest absolute Gasteiger partial charge is 0.462 e. The third-order valence-corrected chi connectivity index (χ3v) is 10.1. The first-order valence-corrected chi connectivity index (χ1v) is 24.7. The van der Waals surface area contributed by atoms with Crippen molar-refractivity contribution in [2.24, 2.45) is 0 Å². The molecular weight excluding hydrogens is 757 g/mol. The quantitative estimate of drug-likeness (QED) is 0.0263. The van der Waals surface area contributed by atoms with Gasteiger partial charge >= 0.3 is 17.9 Å². The fraction of sp³-hybridized carbons (Fsp3) is 0.655. The Labute approximate surface area is 375 Å². The number of hydrogen-bond acceptors (Lipinski definition) is 6. The molecule has 6 nitrogen and oxygen atoms in total. The summed E-state index contributed by atoms with van der Waals surface area (Å²) in [5.74, 6) is -0.960. The van der Waals surface area contributed by atoms with Crippen molar-refractivity contribution in [3.05, 3.63) is 97.2 Å². The van der Waals surface area contributed by atoms with Gasteiger partial charge in [0.1, 0.15) is 13.2 Å². The van der Waals surface area contributed by atoms with Crippen molar-refractivity contribution in [2.75, 3.05) is 13.2 Å². The lowest BCUT2D eigenvalue weighted by Gasteiger charge is -2.18. The van der Waals surface area contributed by atoms with Gasteiger partial charge in [-0.2, -0.15) is 0 Å². The van der Waals surface area contributed by atoms with E-state index in [1.165, 1.54) is 38.5 Å². The lowest BCUT2D eigenvalue weighted by Crippen LogP contribution is -2.30. The zero-order valence-corrected chi connectivity index (χ0v) is 39.4. The average Bonchev–Trinajstić information content (AvgIpc) is 3.26. The van der Waals surface area contributed by atoms with Crippen LogP contribution in [-0.2, 0) is 28.6 Å². The van der Waals surface area contributed by atoms with Crippen molar-refractivity contribution in [1.82, 2.24) is 0 Å². The maximum Gasteiger partial charge on any atom is 0.306 e. The van der Waals surface area contributed by atoms with Gasteiger partial charge in [-0.3, -0.25) is 14.4 Å². The predicted octanol–water partition coefficient (Wildman–Crippen LogP) is 16.2. The van der Waals surface area contributed by atoms with E-state index in [-0.39, 0.29) is 37.5 Å². The summed E-state index contributed by atoms with van der Waals surface area (Å²) in [7, 11) is 0. The maximum atomic E-state index is 12.7. The minimum atomic E-state index is -0.801. The summed E-state index contributed by atoms with van der Waals surface area (Å²) < 4.78 is 16.7. The highest BCUT2D eigenvalue weighted by Crippen LogP contribution is 2.13. The smallest absolute Gasteiger partial charge is 0.306 e. The molecule has 0 spiro atoms. The van der Waals surface area contributed by atoms with Crippen LogP contribution in [0.5, 0.6) is 0 Å². The van der Waals surface area contributed by atoms with Crippen molar-refractivity contribution in [3.63, 3.8) is 0 Å². The fourth-order valence-corrected chi connectivity index (χ4v) is 6.37. The SMILES string of the molecule is CC/C=C\C/C=C\C/C=C\C/C=C\CCCCCCCCC(=O)OCC(COC(=O)CCCCCCC/C=C\CCCC)OC(=O)CCCCC/C=C\C/C=C\C/C=C\CC. The fourth-order valence-electron chi connectivity index (χ4n) is 6.37. The number of rotatable bonds is 43. The van der Waals surface area contributed by atoms with Crippen molar-refractivity contribution in [3.8, 4) is 0 Å². The van der Waals surface area contributed by atoms with Crippen LogP contribution in [0.25, 0.3) is 0 Å². The Morgan fingerprint density at radius 1 is 0.344 bits per heavy atom. The van der Waals surface area contributed by atoms with E-state index in [0.29, 0.717) is 12.8 Å². The molecule has 0 aromatic rings. The molecule has 0 aliphatic heterocycles. The summed E-state index contributed by atoms with van der Waals surface area (Å²) in [6.45, 7) is 6.31. The molecule has 0 aliphatic carbocycles. The summed E-state index contributed by atoms with van der Waals surface area (Å²) in [6.07, 6.45) is 63.9. The van der Waals surface area contributed by atoms with Crippen molar-refractivity contribution in [1.29, 1.82) is 0 Å². The number of carbonyl (C=O) groups is 3. The zero-order chi connectivity index (χ0) is 44.4. The number of esters is 3. The van der Waals surface area contributed by atoms with E-state index < -0.39 is 6.10 Å². The lowest BCUT2D eigenvalue weighted by molar-refractivity contribution is -0.167. The molecule has 0 saturated heterocycles.